The molecule has 2 bridgehead atoms. The van der Waals surface area contributed by atoms with Crippen molar-refractivity contribution in [1.82, 2.24) is 4.31 Å². The predicted octanol–water partition coefficient (Wildman–Crippen LogP) is 3.36. The number of carbonyl (C=O) groups excluding carboxylic acids is 2. The summed E-state index contributed by atoms with van der Waals surface area (Å²) >= 11 is 0. The van der Waals surface area contributed by atoms with Gasteiger partial charge in [0.2, 0.25) is 15.9 Å². The minimum atomic E-state index is -3.58. The lowest BCUT2D eigenvalue weighted by Crippen LogP contribution is -2.40. The second-order valence-corrected chi connectivity index (χ2v) is 9.89. The summed E-state index contributed by atoms with van der Waals surface area (Å²) in [6.07, 6.45) is 4.06. The molecule has 2 atom stereocenters. The highest BCUT2D eigenvalue weighted by Crippen LogP contribution is 2.40. The van der Waals surface area contributed by atoms with Crippen LogP contribution in [0.5, 0.6) is 0 Å². The number of amides is 1. The van der Waals surface area contributed by atoms with Gasteiger partial charge in [0.05, 0.1) is 4.90 Å². The third-order valence-corrected chi connectivity index (χ3v) is 8.27. The van der Waals surface area contributed by atoms with Gasteiger partial charge in [0, 0.05) is 36.5 Å². The highest BCUT2D eigenvalue weighted by molar-refractivity contribution is 7.89. The van der Waals surface area contributed by atoms with Gasteiger partial charge in [-0.25, -0.2) is 8.42 Å². The molecule has 0 aliphatic heterocycles. The van der Waals surface area contributed by atoms with Gasteiger partial charge in [-0.05, 0) is 50.3 Å². The fraction of sp³-hybridized carbons (Fsp3) is 0.619. The highest BCUT2D eigenvalue weighted by Gasteiger charge is 2.41. The molecule has 7 heteroatoms. The molecule has 2 fully saturated rings. The molecule has 154 valence electrons. The van der Waals surface area contributed by atoms with Crippen LogP contribution in [-0.2, 0) is 19.6 Å². The van der Waals surface area contributed by atoms with Gasteiger partial charge in [-0.2, -0.15) is 4.31 Å². The molecule has 6 nitrogen and oxygen atoms in total. The van der Waals surface area contributed by atoms with E-state index in [9.17, 15) is 18.0 Å². The molecule has 0 heterocycles. The minimum absolute atomic E-state index is 0.0127. The summed E-state index contributed by atoms with van der Waals surface area (Å²) in [4.78, 5) is 25.3. The molecule has 0 saturated heterocycles. The van der Waals surface area contributed by atoms with Crippen molar-refractivity contribution in [2.24, 2.45) is 17.8 Å². The third-order valence-electron chi connectivity index (χ3n) is 6.23. The maximum absolute atomic E-state index is 12.9. The van der Waals surface area contributed by atoms with Gasteiger partial charge in [-0.3, -0.25) is 9.59 Å². The fourth-order valence-electron chi connectivity index (χ4n) is 4.54. The second-order valence-electron chi connectivity index (χ2n) is 7.95. The number of Topliss-reactive ketones (excluding diaryl/α,β-unsaturated/α-hetero) is 1. The molecule has 1 amide bonds. The molecule has 0 spiro atoms. The maximum Gasteiger partial charge on any atom is 0.243 e. The summed E-state index contributed by atoms with van der Waals surface area (Å²) in [5.41, 5.74) is 1.35. The van der Waals surface area contributed by atoms with Crippen LogP contribution in [0.2, 0.25) is 0 Å². The number of rotatable bonds is 6. The number of hydrogen-bond donors (Lipinski definition) is 1. The van der Waals surface area contributed by atoms with Crippen molar-refractivity contribution >= 4 is 27.4 Å². The van der Waals surface area contributed by atoms with E-state index in [1.54, 1.807) is 32.0 Å². The van der Waals surface area contributed by atoms with E-state index in [0.717, 1.165) is 24.8 Å². The van der Waals surface area contributed by atoms with Crippen LogP contribution in [0.25, 0.3) is 0 Å². The van der Waals surface area contributed by atoms with E-state index in [-0.39, 0.29) is 28.6 Å². The number of carbonyl (C=O) groups is 2. The van der Waals surface area contributed by atoms with Gasteiger partial charge in [-0.15, -0.1) is 0 Å². The standard InChI is InChI=1S/C21H30N2O4S/c1-4-23(5-2)28(26,27)18-10-9-14(3)19(13-18)22-21(25)17-11-15-7-6-8-16(12-17)20(15)24/h9-10,13,15-17H,4-8,11-12H2,1-3H3,(H,22,25). The Hall–Kier alpha value is -1.73. The minimum Gasteiger partial charge on any atom is -0.326 e. The van der Waals surface area contributed by atoms with Crippen LogP contribution < -0.4 is 5.32 Å². The molecule has 2 saturated carbocycles. The van der Waals surface area contributed by atoms with Gasteiger partial charge in [0.15, 0.2) is 0 Å². The van der Waals surface area contributed by atoms with Crippen LogP contribution in [0, 0.1) is 24.7 Å². The van der Waals surface area contributed by atoms with Gasteiger partial charge in [0.25, 0.3) is 0 Å². The summed E-state index contributed by atoms with van der Waals surface area (Å²) in [6, 6.07) is 4.86. The Morgan fingerprint density at radius 3 is 2.32 bits per heavy atom. The number of hydrogen-bond acceptors (Lipinski definition) is 4. The lowest BCUT2D eigenvalue weighted by molar-refractivity contribution is -0.136. The Kier molecular flexibility index (Phi) is 6.25. The van der Waals surface area contributed by atoms with E-state index in [0.29, 0.717) is 37.4 Å². The predicted molar refractivity (Wildman–Crippen MR) is 108 cm³/mol. The molecule has 1 aromatic rings. The quantitative estimate of drug-likeness (QED) is 0.785. The van der Waals surface area contributed by atoms with E-state index in [1.165, 1.54) is 4.31 Å². The van der Waals surface area contributed by atoms with Crippen molar-refractivity contribution in [1.29, 1.82) is 0 Å². The normalized spacial score (nSPS) is 25.0. The molecule has 0 aromatic heterocycles. The van der Waals surface area contributed by atoms with Crippen LogP contribution in [0.15, 0.2) is 23.1 Å². The van der Waals surface area contributed by atoms with E-state index in [2.05, 4.69) is 5.32 Å². The largest absolute Gasteiger partial charge is 0.326 e. The monoisotopic (exact) mass is 406 g/mol. The Balaban J connectivity index is 1.79. The van der Waals surface area contributed by atoms with Crippen molar-refractivity contribution in [3.05, 3.63) is 23.8 Å². The first kappa shape index (κ1) is 21.0. The first-order valence-electron chi connectivity index (χ1n) is 10.2. The molecule has 1 aromatic carbocycles. The number of nitrogens with zero attached hydrogens (tertiary/aromatic N) is 1. The first-order chi connectivity index (χ1) is 13.3. The van der Waals surface area contributed by atoms with E-state index < -0.39 is 10.0 Å². The zero-order valence-corrected chi connectivity index (χ0v) is 17.7. The molecule has 2 unspecified atom stereocenters. The molecule has 28 heavy (non-hydrogen) atoms. The van der Waals surface area contributed by atoms with Crippen molar-refractivity contribution in [3.63, 3.8) is 0 Å². The summed E-state index contributed by atoms with van der Waals surface area (Å²) in [7, 11) is -3.58. The zero-order valence-electron chi connectivity index (χ0n) is 16.9. The summed E-state index contributed by atoms with van der Waals surface area (Å²) in [5, 5.41) is 2.94. The van der Waals surface area contributed by atoms with Crippen molar-refractivity contribution in [2.75, 3.05) is 18.4 Å². The number of aryl methyl sites for hydroxylation is 1. The van der Waals surface area contributed by atoms with Crippen LogP contribution in [-0.4, -0.2) is 37.5 Å². The molecular formula is C21H30N2O4S. The number of sulfonamides is 1. The number of fused-ring (bicyclic) bond motifs is 2. The SMILES string of the molecule is CCN(CC)S(=O)(=O)c1ccc(C)c(NC(=O)C2CC3CCCC(C2)C3=O)c1. The molecule has 2 aliphatic carbocycles. The summed E-state index contributed by atoms with van der Waals surface area (Å²) in [5.74, 6) is 0.0663. The molecule has 3 rings (SSSR count). The van der Waals surface area contributed by atoms with Crippen LogP contribution in [0.1, 0.15) is 51.5 Å². The first-order valence-corrected chi connectivity index (χ1v) is 11.7. The molecular weight excluding hydrogens is 376 g/mol. The summed E-state index contributed by atoms with van der Waals surface area (Å²) in [6.45, 7) is 6.25. The Labute approximate surface area is 167 Å². The zero-order chi connectivity index (χ0) is 20.5. The summed E-state index contributed by atoms with van der Waals surface area (Å²) < 4.78 is 27.0. The van der Waals surface area contributed by atoms with Crippen LogP contribution in [0.4, 0.5) is 5.69 Å². The number of anilines is 1. The van der Waals surface area contributed by atoms with E-state index in [1.807, 2.05) is 6.92 Å². The third kappa shape index (κ3) is 4.01. The highest BCUT2D eigenvalue weighted by atomic mass is 32.2. The second kappa shape index (κ2) is 8.33. The molecule has 1 N–H and O–H groups in total. The van der Waals surface area contributed by atoms with Gasteiger partial charge in [0.1, 0.15) is 5.78 Å². The van der Waals surface area contributed by atoms with E-state index in [4.69, 9.17) is 0 Å². The Morgan fingerprint density at radius 2 is 1.75 bits per heavy atom. The topological polar surface area (TPSA) is 83.6 Å². The van der Waals surface area contributed by atoms with Crippen LogP contribution in [0.3, 0.4) is 0 Å². The average Bonchev–Trinajstić information content (AvgIpc) is 2.63. The van der Waals surface area contributed by atoms with Gasteiger partial charge >= 0.3 is 0 Å². The number of benzene rings is 1. The van der Waals surface area contributed by atoms with E-state index >= 15 is 0 Å². The lowest BCUT2D eigenvalue weighted by Gasteiger charge is -2.37. The number of nitrogens with one attached hydrogen (secondary N) is 1. The molecule has 2 aliphatic rings. The average molecular weight is 407 g/mol. The van der Waals surface area contributed by atoms with Gasteiger partial charge < -0.3 is 5.32 Å². The lowest BCUT2D eigenvalue weighted by atomic mass is 9.67. The van der Waals surface area contributed by atoms with Crippen LogP contribution >= 0.6 is 0 Å². The Bertz CT molecular complexity index is 845. The maximum atomic E-state index is 12.9. The van der Waals surface area contributed by atoms with Crippen molar-refractivity contribution < 1.29 is 18.0 Å². The smallest absolute Gasteiger partial charge is 0.243 e. The fourth-order valence-corrected chi connectivity index (χ4v) is 6.02. The van der Waals surface area contributed by atoms with Gasteiger partial charge in [-0.1, -0.05) is 26.3 Å². The Morgan fingerprint density at radius 1 is 1.14 bits per heavy atom. The van der Waals surface area contributed by atoms with Crippen molar-refractivity contribution in [2.45, 2.75) is 57.8 Å². The molecule has 0 radical (unpaired) electrons. The number of ketones is 1. The van der Waals surface area contributed by atoms with Crippen molar-refractivity contribution in [3.8, 4) is 0 Å².